The summed E-state index contributed by atoms with van der Waals surface area (Å²) in [5, 5.41) is 1.13. The highest BCUT2D eigenvalue weighted by atomic mass is 32.1. The van der Waals surface area contributed by atoms with Gasteiger partial charge in [-0.25, -0.2) is 0 Å². The Hall–Kier alpha value is -2.41. The van der Waals surface area contributed by atoms with Gasteiger partial charge in [0, 0.05) is 48.6 Å². The van der Waals surface area contributed by atoms with Crippen LogP contribution in [-0.2, 0) is 0 Å². The molecule has 3 nitrogen and oxygen atoms in total. The molecule has 0 saturated heterocycles. The van der Waals surface area contributed by atoms with Crippen molar-refractivity contribution in [2.45, 2.75) is 6.92 Å². The van der Waals surface area contributed by atoms with Crippen LogP contribution in [0.15, 0.2) is 36.0 Å². The van der Waals surface area contributed by atoms with E-state index in [9.17, 15) is 0 Å². The normalized spacial score (nSPS) is 17.5. The van der Waals surface area contributed by atoms with Gasteiger partial charge in [0.05, 0.1) is 5.00 Å². The number of nitrogens with zero attached hydrogens (tertiary/aromatic N) is 3. The van der Waals surface area contributed by atoms with E-state index in [0.717, 1.165) is 19.9 Å². The number of halogens is 2. The molecule has 0 aromatic carbocycles. The topological polar surface area (TPSA) is 11.2 Å². The summed E-state index contributed by atoms with van der Waals surface area (Å²) in [7, 11) is 3.97. The van der Waals surface area contributed by atoms with Crippen molar-refractivity contribution in [3.63, 3.8) is 0 Å². The van der Waals surface area contributed by atoms with Gasteiger partial charge < -0.3 is 22.5 Å². The molecule has 0 bridgehead atoms. The van der Waals surface area contributed by atoms with E-state index in [1.807, 2.05) is 56.3 Å². The SMILES string of the molecule is Cc1cc(/C=C/c2ccc(N(C)C)s2)n2c1C=C1C=CC=[N+]1[B-]2(F)F. The molecular weight excluding hydrogens is 339 g/mol. The Morgan fingerprint density at radius 2 is 2.04 bits per heavy atom. The minimum atomic E-state index is -3.88. The Labute approximate surface area is 149 Å². The number of aryl methyl sites for hydroxylation is 1. The van der Waals surface area contributed by atoms with Crippen LogP contribution in [0.3, 0.4) is 0 Å². The number of hydrogen-bond acceptors (Lipinski definition) is 2. The van der Waals surface area contributed by atoms with Gasteiger partial charge in [-0.1, -0.05) is 0 Å². The summed E-state index contributed by atoms with van der Waals surface area (Å²) in [6, 6.07) is 5.86. The van der Waals surface area contributed by atoms with Crippen molar-refractivity contribution in [3.8, 4) is 0 Å². The number of fused-ring (bicyclic) bond motifs is 2. The van der Waals surface area contributed by atoms with E-state index >= 15 is 8.63 Å². The van der Waals surface area contributed by atoms with Gasteiger partial charge in [0.2, 0.25) is 0 Å². The average molecular weight is 357 g/mol. The van der Waals surface area contributed by atoms with E-state index in [1.165, 1.54) is 10.7 Å². The summed E-state index contributed by atoms with van der Waals surface area (Å²) < 4.78 is 32.4. The third kappa shape index (κ3) is 2.50. The molecule has 2 aromatic heterocycles. The van der Waals surface area contributed by atoms with Crippen LogP contribution < -0.4 is 4.90 Å². The van der Waals surface area contributed by atoms with Crippen LogP contribution in [0.1, 0.15) is 21.8 Å². The monoisotopic (exact) mass is 357 g/mol. The molecule has 128 valence electrons. The highest BCUT2D eigenvalue weighted by Crippen LogP contribution is 2.34. The third-order valence-corrected chi connectivity index (χ3v) is 5.74. The van der Waals surface area contributed by atoms with E-state index in [2.05, 4.69) is 0 Å². The molecule has 0 radical (unpaired) electrons. The summed E-state index contributed by atoms with van der Waals surface area (Å²) in [6.45, 7) is -2.01. The Kier molecular flexibility index (Phi) is 3.58. The van der Waals surface area contributed by atoms with Crippen LogP contribution in [0.2, 0.25) is 0 Å². The Balaban J connectivity index is 1.76. The summed E-state index contributed by atoms with van der Waals surface area (Å²) >= 11 is 1.63. The summed E-state index contributed by atoms with van der Waals surface area (Å²) in [5.74, 6) is 0. The number of allylic oxidation sites excluding steroid dienone is 2. The Bertz CT molecular complexity index is 977. The number of hydrogen-bond donors (Lipinski definition) is 0. The zero-order chi connectivity index (χ0) is 17.8. The molecule has 0 saturated carbocycles. The smallest absolute Gasteiger partial charge is 0.390 e. The van der Waals surface area contributed by atoms with Crippen LogP contribution in [0, 0.1) is 6.92 Å². The number of aromatic nitrogens is 1. The largest absolute Gasteiger partial charge is 0.737 e. The van der Waals surface area contributed by atoms with Crippen molar-refractivity contribution in [2.24, 2.45) is 0 Å². The number of rotatable bonds is 3. The maximum atomic E-state index is 15.1. The second kappa shape index (κ2) is 5.56. The molecule has 0 fully saturated rings. The van der Waals surface area contributed by atoms with Gasteiger partial charge in [0.1, 0.15) is 6.21 Å². The highest BCUT2D eigenvalue weighted by Gasteiger charge is 2.50. The first-order chi connectivity index (χ1) is 11.9. The quantitative estimate of drug-likeness (QED) is 0.745. The first kappa shape index (κ1) is 16.1. The first-order valence-electron chi connectivity index (χ1n) is 8.09. The second-order valence-corrected chi connectivity index (χ2v) is 7.58. The van der Waals surface area contributed by atoms with Crippen molar-refractivity contribution < 1.29 is 13.1 Å². The molecule has 0 aliphatic carbocycles. The maximum absolute atomic E-state index is 15.1. The van der Waals surface area contributed by atoms with E-state index in [4.69, 9.17) is 0 Å². The van der Waals surface area contributed by atoms with Gasteiger partial charge >= 0.3 is 6.97 Å². The minimum Gasteiger partial charge on any atom is -0.390 e. The fraction of sp³-hybridized carbons (Fsp3) is 0.167. The van der Waals surface area contributed by atoms with Crippen molar-refractivity contribution in [1.82, 2.24) is 4.48 Å². The van der Waals surface area contributed by atoms with Crippen LogP contribution in [0.25, 0.3) is 18.2 Å². The fourth-order valence-corrected chi connectivity index (χ4v) is 4.10. The van der Waals surface area contributed by atoms with Crippen LogP contribution >= 0.6 is 11.3 Å². The molecule has 0 unspecified atom stereocenters. The second-order valence-electron chi connectivity index (χ2n) is 6.48. The highest BCUT2D eigenvalue weighted by molar-refractivity contribution is 7.16. The lowest BCUT2D eigenvalue weighted by molar-refractivity contribution is -0.355. The summed E-state index contributed by atoms with van der Waals surface area (Å²) in [6.07, 6.45) is 10.3. The zero-order valence-corrected chi connectivity index (χ0v) is 15.1. The van der Waals surface area contributed by atoms with Crippen molar-refractivity contribution in [3.05, 3.63) is 57.9 Å². The van der Waals surface area contributed by atoms with Gasteiger partial charge in [-0.3, -0.25) is 0 Å². The Morgan fingerprint density at radius 1 is 1.24 bits per heavy atom. The molecule has 0 N–H and O–H groups in total. The van der Waals surface area contributed by atoms with Crippen LogP contribution in [-0.4, -0.2) is 36.2 Å². The molecule has 7 heteroatoms. The van der Waals surface area contributed by atoms with E-state index < -0.39 is 6.97 Å². The molecule has 2 aliphatic rings. The molecule has 0 spiro atoms. The van der Waals surface area contributed by atoms with Crippen LogP contribution in [0.5, 0.6) is 0 Å². The van der Waals surface area contributed by atoms with Crippen molar-refractivity contribution >= 4 is 47.8 Å². The predicted octanol–water partition coefficient (Wildman–Crippen LogP) is 4.32. The molecular formula is C18H18BF2N3S. The molecule has 2 aromatic rings. The Morgan fingerprint density at radius 3 is 2.76 bits per heavy atom. The summed E-state index contributed by atoms with van der Waals surface area (Å²) in [5.41, 5.74) is 2.50. The molecule has 4 rings (SSSR count). The van der Waals surface area contributed by atoms with Gasteiger partial charge in [0.15, 0.2) is 5.70 Å². The lowest BCUT2D eigenvalue weighted by atomic mass is 9.91. The summed E-state index contributed by atoms with van der Waals surface area (Å²) in [4.78, 5) is 3.07. The molecule has 25 heavy (non-hydrogen) atoms. The van der Waals surface area contributed by atoms with Gasteiger partial charge in [-0.2, -0.15) is 0 Å². The van der Waals surface area contributed by atoms with Gasteiger partial charge in [0.25, 0.3) is 0 Å². The molecule has 0 amide bonds. The fourth-order valence-electron chi connectivity index (χ4n) is 3.27. The third-order valence-electron chi connectivity index (χ3n) is 4.52. The van der Waals surface area contributed by atoms with Crippen LogP contribution in [0.4, 0.5) is 13.6 Å². The van der Waals surface area contributed by atoms with E-state index in [-0.39, 0.29) is 0 Å². The van der Waals surface area contributed by atoms with Crippen molar-refractivity contribution in [1.29, 1.82) is 0 Å². The molecule has 0 atom stereocenters. The number of thiophene rings is 1. The van der Waals surface area contributed by atoms with E-state index in [0.29, 0.717) is 17.1 Å². The van der Waals surface area contributed by atoms with Gasteiger partial charge in [-0.05, 0) is 42.8 Å². The zero-order valence-electron chi connectivity index (χ0n) is 14.3. The average Bonchev–Trinajstić information content (AvgIpc) is 3.25. The van der Waals surface area contributed by atoms with E-state index in [1.54, 1.807) is 29.6 Å². The lowest BCUT2D eigenvalue weighted by Crippen LogP contribution is -2.49. The predicted molar refractivity (Wildman–Crippen MR) is 104 cm³/mol. The molecule has 2 aliphatic heterocycles. The molecule has 4 heterocycles. The first-order valence-corrected chi connectivity index (χ1v) is 8.91. The standard InChI is InChI=1S/C18H18BF2N3S/c1-13-11-15(6-7-16-8-9-18(25-16)22(2)3)24-17(13)12-14-5-4-10-23(14)19(24,20)21/h4-12H,1-3H3/b7-6+. The number of anilines is 1. The lowest BCUT2D eigenvalue weighted by Gasteiger charge is -2.29. The van der Waals surface area contributed by atoms with Crippen molar-refractivity contribution in [2.75, 3.05) is 19.0 Å². The minimum absolute atomic E-state index is 0.521. The maximum Gasteiger partial charge on any atom is 0.737 e. The van der Waals surface area contributed by atoms with Gasteiger partial charge in [-0.15, -0.1) is 11.3 Å².